The van der Waals surface area contributed by atoms with E-state index in [4.69, 9.17) is 9.88 Å². The number of rotatable bonds is 3. The summed E-state index contributed by atoms with van der Waals surface area (Å²) in [4.78, 5) is 4.13. The molecule has 2 aromatic rings. The molecule has 0 atom stereocenters. The Morgan fingerprint density at radius 1 is 1.11 bits per heavy atom. The molecule has 7 heteroatoms. The number of nitrogens with zero attached hydrogens (tertiary/aromatic N) is 1. The normalized spacial score (nSPS) is 10.6. The molecule has 0 saturated heterocycles. The minimum absolute atomic E-state index is 0. The van der Waals surface area contributed by atoms with Gasteiger partial charge >= 0.3 is 0 Å². The smallest absolute Gasteiger partial charge is 0.238 e. The van der Waals surface area contributed by atoms with E-state index in [1.165, 1.54) is 24.3 Å². The molecule has 1 heterocycles. The highest BCUT2D eigenvalue weighted by atomic mass is 32.2. The fourth-order valence-electron chi connectivity index (χ4n) is 1.33. The van der Waals surface area contributed by atoms with E-state index >= 15 is 0 Å². The second-order valence-corrected chi connectivity index (χ2v) is 5.35. The zero-order valence-electron chi connectivity index (χ0n) is 10.4. The van der Waals surface area contributed by atoms with Gasteiger partial charge in [0.15, 0.2) is 0 Å². The van der Waals surface area contributed by atoms with Gasteiger partial charge in [-0.15, -0.1) is 0 Å². The van der Waals surface area contributed by atoms with Crippen LogP contribution in [0.2, 0.25) is 0 Å². The minimum Gasteiger partial charge on any atom is -0.439 e. The number of ether oxygens (including phenoxy) is 1. The molecule has 0 unspecified atom stereocenters. The van der Waals surface area contributed by atoms with E-state index < -0.39 is 10.0 Å². The van der Waals surface area contributed by atoms with Crippen LogP contribution in [-0.2, 0) is 10.0 Å². The van der Waals surface area contributed by atoms with E-state index in [1.807, 2.05) is 13.0 Å². The van der Waals surface area contributed by atoms with Gasteiger partial charge in [-0.1, -0.05) is 6.07 Å². The lowest BCUT2D eigenvalue weighted by Gasteiger charge is -2.05. The molecule has 0 fully saturated rings. The first kappa shape index (κ1) is 15.1. The highest BCUT2D eigenvalue weighted by Gasteiger charge is 2.07. The van der Waals surface area contributed by atoms with Gasteiger partial charge in [0.1, 0.15) is 5.75 Å². The van der Waals surface area contributed by atoms with Crippen LogP contribution in [0.4, 0.5) is 0 Å². The van der Waals surface area contributed by atoms with Crippen LogP contribution in [0, 0.1) is 6.92 Å². The number of hydrogen-bond donors (Lipinski definition) is 2. The average molecular weight is 281 g/mol. The third-order valence-corrected chi connectivity index (χ3v) is 3.19. The molecule has 0 radical (unpaired) electrons. The van der Waals surface area contributed by atoms with Crippen molar-refractivity contribution < 1.29 is 13.2 Å². The van der Waals surface area contributed by atoms with E-state index in [9.17, 15) is 8.42 Å². The SMILES string of the molecule is Cc1ccc(Oc2ccc(S(N)(=O)=O)cc2)nc1.N. The summed E-state index contributed by atoms with van der Waals surface area (Å²) < 4.78 is 27.6. The summed E-state index contributed by atoms with van der Waals surface area (Å²) in [5.74, 6) is 0.947. The molecular weight excluding hydrogens is 266 g/mol. The van der Waals surface area contributed by atoms with Crippen LogP contribution in [-0.4, -0.2) is 13.4 Å². The summed E-state index contributed by atoms with van der Waals surface area (Å²) in [5.41, 5.74) is 1.03. The summed E-state index contributed by atoms with van der Waals surface area (Å²) in [5, 5.41) is 5.00. The fraction of sp³-hybridized carbons (Fsp3) is 0.0833. The van der Waals surface area contributed by atoms with Crippen molar-refractivity contribution in [2.45, 2.75) is 11.8 Å². The second kappa shape index (κ2) is 5.79. The van der Waals surface area contributed by atoms with Crippen LogP contribution < -0.4 is 16.0 Å². The predicted octanol–water partition coefficient (Wildman–Crippen LogP) is 1.99. The number of primary sulfonamides is 1. The summed E-state index contributed by atoms with van der Waals surface area (Å²) >= 11 is 0. The molecule has 0 bridgehead atoms. The Morgan fingerprint density at radius 3 is 2.21 bits per heavy atom. The van der Waals surface area contributed by atoms with Gasteiger partial charge in [0.05, 0.1) is 4.90 Å². The molecule has 2 rings (SSSR count). The molecule has 0 amide bonds. The monoisotopic (exact) mass is 281 g/mol. The van der Waals surface area contributed by atoms with Gasteiger partial charge in [0.2, 0.25) is 15.9 Å². The van der Waals surface area contributed by atoms with Crippen LogP contribution in [0.3, 0.4) is 0 Å². The Hall–Kier alpha value is -1.96. The van der Waals surface area contributed by atoms with E-state index in [0.717, 1.165) is 5.56 Å². The molecule has 0 aliphatic rings. The molecule has 6 nitrogen and oxygen atoms in total. The number of sulfonamides is 1. The van der Waals surface area contributed by atoms with Gasteiger partial charge < -0.3 is 10.9 Å². The molecule has 102 valence electrons. The lowest BCUT2D eigenvalue weighted by atomic mass is 10.3. The maximum atomic E-state index is 11.1. The van der Waals surface area contributed by atoms with Gasteiger partial charge in [-0.05, 0) is 36.8 Å². The summed E-state index contributed by atoms with van der Waals surface area (Å²) in [6.07, 6.45) is 1.69. The van der Waals surface area contributed by atoms with Gasteiger partial charge in [-0.3, -0.25) is 0 Å². The summed E-state index contributed by atoms with van der Waals surface area (Å²) in [6, 6.07) is 9.45. The topological polar surface area (TPSA) is 117 Å². The van der Waals surface area contributed by atoms with Crippen molar-refractivity contribution in [2.24, 2.45) is 5.14 Å². The first-order chi connectivity index (χ1) is 8.45. The van der Waals surface area contributed by atoms with Crippen molar-refractivity contribution >= 4 is 10.0 Å². The first-order valence-corrected chi connectivity index (χ1v) is 6.73. The Balaban J connectivity index is 0.00000180. The highest BCUT2D eigenvalue weighted by Crippen LogP contribution is 2.20. The minimum atomic E-state index is -3.67. The molecule has 1 aromatic carbocycles. The third-order valence-electron chi connectivity index (χ3n) is 2.26. The number of nitrogens with two attached hydrogens (primary N) is 1. The van der Waals surface area contributed by atoms with Gasteiger partial charge in [0.25, 0.3) is 0 Å². The predicted molar refractivity (Wildman–Crippen MR) is 71.9 cm³/mol. The first-order valence-electron chi connectivity index (χ1n) is 5.18. The lowest BCUT2D eigenvalue weighted by molar-refractivity contribution is 0.462. The Bertz CT molecular complexity index is 637. The molecule has 0 saturated carbocycles. The maximum absolute atomic E-state index is 11.1. The Morgan fingerprint density at radius 2 is 1.74 bits per heavy atom. The quantitative estimate of drug-likeness (QED) is 0.892. The van der Waals surface area contributed by atoms with Crippen molar-refractivity contribution in [3.8, 4) is 11.6 Å². The van der Waals surface area contributed by atoms with Crippen LogP contribution in [0.1, 0.15) is 5.56 Å². The molecular formula is C12H15N3O3S. The van der Waals surface area contributed by atoms with Crippen molar-refractivity contribution in [1.82, 2.24) is 11.1 Å². The van der Waals surface area contributed by atoms with Crippen LogP contribution >= 0.6 is 0 Å². The molecule has 1 aromatic heterocycles. The summed E-state index contributed by atoms with van der Waals surface area (Å²) in [7, 11) is -3.67. The number of hydrogen-bond acceptors (Lipinski definition) is 5. The molecule has 19 heavy (non-hydrogen) atoms. The number of benzene rings is 1. The lowest BCUT2D eigenvalue weighted by Crippen LogP contribution is -2.11. The average Bonchev–Trinajstić information content (AvgIpc) is 2.32. The summed E-state index contributed by atoms with van der Waals surface area (Å²) in [6.45, 7) is 1.93. The van der Waals surface area contributed by atoms with Gasteiger partial charge in [-0.25, -0.2) is 18.5 Å². The van der Waals surface area contributed by atoms with Gasteiger partial charge in [-0.2, -0.15) is 0 Å². The van der Waals surface area contributed by atoms with Crippen LogP contribution in [0.25, 0.3) is 0 Å². The van der Waals surface area contributed by atoms with E-state index in [-0.39, 0.29) is 11.0 Å². The number of aryl methyl sites for hydroxylation is 1. The van der Waals surface area contributed by atoms with Crippen molar-refractivity contribution in [1.29, 1.82) is 0 Å². The zero-order valence-corrected chi connectivity index (χ0v) is 11.2. The number of aromatic nitrogens is 1. The highest BCUT2D eigenvalue weighted by molar-refractivity contribution is 7.89. The Labute approximate surface area is 111 Å². The largest absolute Gasteiger partial charge is 0.439 e. The van der Waals surface area contributed by atoms with Crippen LogP contribution in [0.5, 0.6) is 11.6 Å². The number of pyridine rings is 1. The van der Waals surface area contributed by atoms with E-state index in [2.05, 4.69) is 4.98 Å². The molecule has 0 aliphatic heterocycles. The van der Waals surface area contributed by atoms with Crippen molar-refractivity contribution in [2.75, 3.05) is 0 Å². The fourth-order valence-corrected chi connectivity index (χ4v) is 1.85. The van der Waals surface area contributed by atoms with Crippen molar-refractivity contribution in [3.05, 3.63) is 48.2 Å². The van der Waals surface area contributed by atoms with E-state index in [0.29, 0.717) is 11.6 Å². The van der Waals surface area contributed by atoms with Crippen LogP contribution in [0.15, 0.2) is 47.5 Å². The van der Waals surface area contributed by atoms with Crippen molar-refractivity contribution in [3.63, 3.8) is 0 Å². The molecule has 0 aliphatic carbocycles. The van der Waals surface area contributed by atoms with E-state index in [1.54, 1.807) is 12.3 Å². The maximum Gasteiger partial charge on any atom is 0.238 e. The Kier molecular flexibility index (Phi) is 4.60. The standard InChI is InChI=1S/C12H12N2O3S.H3N/c1-9-2-7-12(14-8-9)17-10-3-5-11(6-4-10)18(13,15)16;/h2-8H,1H3,(H2,13,15,16);1H3. The second-order valence-electron chi connectivity index (χ2n) is 3.79. The third kappa shape index (κ3) is 4.02. The molecule has 5 N–H and O–H groups in total. The molecule has 0 spiro atoms. The zero-order chi connectivity index (χ0) is 13.2. The van der Waals surface area contributed by atoms with Gasteiger partial charge in [0, 0.05) is 12.3 Å².